The number of aromatic nitrogens is 1. The summed E-state index contributed by atoms with van der Waals surface area (Å²) in [5.74, 6) is -1.75. The quantitative estimate of drug-likeness (QED) is 0.264. The van der Waals surface area contributed by atoms with E-state index in [0.717, 1.165) is 87.7 Å². The number of amides is 3. The number of nitrogens with one attached hydrogen (secondary N) is 2. The molecule has 1 heterocycles. The third-order valence-corrected chi connectivity index (χ3v) is 9.41. The fourth-order valence-electron chi connectivity index (χ4n) is 6.09. The average molecular weight is 606 g/mol. The van der Waals surface area contributed by atoms with Gasteiger partial charge in [-0.25, -0.2) is 4.39 Å². The highest BCUT2D eigenvalue weighted by Crippen LogP contribution is 2.34. The van der Waals surface area contributed by atoms with Crippen LogP contribution in [0.5, 0.6) is 0 Å². The van der Waals surface area contributed by atoms with Gasteiger partial charge < -0.3 is 16.4 Å². The van der Waals surface area contributed by atoms with Crippen molar-refractivity contribution < 1.29 is 18.8 Å². The standard InChI is InChI=1S/C33H40FN5O3S/c1-2-21-13-19-26(20-14-21)39(29(22-15-17-23(34)18-16-22)32(41)37-25-11-7-4-8-12-25)33(42)30-27(35)28(38-43-30)31(40)36-24-9-5-3-6-10-24/h13-20,24-25,29H,2-12,35H2,1H3,(H,36,40)(H,37,41). The van der Waals surface area contributed by atoms with E-state index in [2.05, 4.69) is 15.0 Å². The molecule has 3 amide bonds. The lowest BCUT2D eigenvalue weighted by molar-refractivity contribution is -0.123. The molecule has 2 fully saturated rings. The van der Waals surface area contributed by atoms with E-state index in [9.17, 15) is 18.8 Å². The van der Waals surface area contributed by atoms with Crippen molar-refractivity contribution in [1.82, 2.24) is 15.0 Å². The van der Waals surface area contributed by atoms with Crippen molar-refractivity contribution in [1.29, 1.82) is 0 Å². The Labute approximate surface area is 256 Å². The topological polar surface area (TPSA) is 117 Å². The van der Waals surface area contributed by atoms with Gasteiger partial charge in [0, 0.05) is 17.8 Å². The number of anilines is 2. The first-order valence-electron chi connectivity index (χ1n) is 15.4. The number of hydrogen-bond acceptors (Lipinski definition) is 6. The Bertz CT molecular complexity index is 1410. The second kappa shape index (κ2) is 14.1. The Balaban J connectivity index is 1.53. The number of nitrogens with zero attached hydrogens (tertiary/aromatic N) is 2. The van der Waals surface area contributed by atoms with Crippen LogP contribution in [0.2, 0.25) is 0 Å². The summed E-state index contributed by atoms with van der Waals surface area (Å²) in [5.41, 5.74) is 8.47. The number of hydrogen-bond donors (Lipinski definition) is 3. The summed E-state index contributed by atoms with van der Waals surface area (Å²) in [5, 5.41) is 6.18. The molecule has 4 N–H and O–H groups in total. The molecule has 0 bridgehead atoms. The van der Waals surface area contributed by atoms with Gasteiger partial charge in [-0.15, -0.1) is 0 Å². The summed E-state index contributed by atoms with van der Waals surface area (Å²) in [6.07, 6.45) is 10.8. The largest absolute Gasteiger partial charge is 0.395 e. The molecule has 0 radical (unpaired) electrons. The van der Waals surface area contributed by atoms with Crippen LogP contribution in [0.15, 0.2) is 48.5 Å². The third-order valence-electron chi connectivity index (χ3n) is 8.56. The monoisotopic (exact) mass is 605 g/mol. The van der Waals surface area contributed by atoms with Gasteiger partial charge >= 0.3 is 0 Å². The molecule has 0 aliphatic heterocycles. The van der Waals surface area contributed by atoms with E-state index in [1.807, 2.05) is 19.1 Å². The van der Waals surface area contributed by atoms with Gasteiger partial charge in [0.05, 0.1) is 5.69 Å². The molecule has 2 aromatic carbocycles. The Morgan fingerprint density at radius 3 is 2.07 bits per heavy atom. The maximum Gasteiger partial charge on any atom is 0.273 e. The van der Waals surface area contributed by atoms with Crippen molar-refractivity contribution in [3.63, 3.8) is 0 Å². The van der Waals surface area contributed by atoms with E-state index < -0.39 is 23.7 Å². The van der Waals surface area contributed by atoms with Gasteiger partial charge in [-0.2, -0.15) is 4.37 Å². The van der Waals surface area contributed by atoms with Crippen LogP contribution in [0.25, 0.3) is 0 Å². The summed E-state index contributed by atoms with van der Waals surface area (Å²) in [6, 6.07) is 12.0. The van der Waals surface area contributed by atoms with Crippen molar-refractivity contribution in [2.75, 3.05) is 10.6 Å². The van der Waals surface area contributed by atoms with E-state index in [1.54, 1.807) is 12.1 Å². The Kier molecular flexibility index (Phi) is 10.1. The SMILES string of the molecule is CCc1ccc(N(C(=O)c2snc(C(=O)NC3CCCCC3)c2N)C(C(=O)NC2CCCCC2)c2ccc(F)cc2)cc1. The molecule has 43 heavy (non-hydrogen) atoms. The maximum absolute atomic E-state index is 14.5. The molecule has 1 atom stereocenters. The Morgan fingerprint density at radius 2 is 1.49 bits per heavy atom. The minimum atomic E-state index is -1.11. The fourth-order valence-corrected chi connectivity index (χ4v) is 6.83. The zero-order chi connectivity index (χ0) is 30.3. The molecular weight excluding hydrogens is 565 g/mol. The minimum Gasteiger partial charge on any atom is -0.395 e. The van der Waals surface area contributed by atoms with Crippen LogP contribution in [0.3, 0.4) is 0 Å². The molecule has 2 aliphatic rings. The van der Waals surface area contributed by atoms with Crippen LogP contribution in [0, 0.1) is 5.82 Å². The van der Waals surface area contributed by atoms with E-state index in [4.69, 9.17) is 5.73 Å². The number of carbonyl (C=O) groups excluding carboxylic acids is 3. The lowest BCUT2D eigenvalue weighted by Gasteiger charge is -2.33. The molecule has 10 heteroatoms. The fraction of sp³-hybridized carbons (Fsp3) is 0.455. The second-order valence-corrected chi connectivity index (χ2v) is 12.3. The molecule has 8 nitrogen and oxygen atoms in total. The lowest BCUT2D eigenvalue weighted by atomic mass is 9.94. The van der Waals surface area contributed by atoms with Gasteiger partial charge in [0.25, 0.3) is 11.8 Å². The van der Waals surface area contributed by atoms with Crippen molar-refractivity contribution in [2.24, 2.45) is 0 Å². The zero-order valence-electron chi connectivity index (χ0n) is 24.6. The van der Waals surface area contributed by atoms with E-state index in [1.165, 1.54) is 29.2 Å². The van der Waals surface area contributed by atoms with Gasteiger partial charge in [0.15, 0.2) is 5.69 Å². The molecule has 2 aliphatic carbocycles. The van der Waals surface area contributed by atoms with Crippen molar-refractivity contribution in [3.8, 4) is 0 Å². The van der Waals surface area contributed by atoms with Gasteiger partial charge in [0.1, 0.15) is 16.7 Å². The first kappa shape index (κ1) is 30.7. The normalized spacial score (nSPS) is 16.8. The first-order chi connectivity index (χ1) is 20.9. The summed E-state index contributed by atoms with van der Waals surface area (Å²) in [4.78, 5) is 43.1. The van der Waals surface area contributed by atoms with Crippen LogP contribution >= 0.6 is 11.5 Å². The third kappa shape index (κ3) is 7.24. The van der Waals surface area contributed by atoms with Gasteiger partial charge in [-0.1, -0.05) is 69.7 Å². The van der Waals surface area contributed by atoms with Crippen LogP contribution in [-0.2, 0) is 11.2 Å². The van der Waals surface area contributed by atoms with Crippen LogP contribution in [-0.4, -0.2) is 34.2 Å². The molecule has 3 aromatic rings. The number of rotatable bonds is 9. The minimum absolute atomic E-state index is 0.00724. The molecule has 0 saturated heterocycles. The number of aryl methyl sites for hydroxylation is 1. The Hall–Kier alpha value is -3.79. The average Bonchev–Trinajstić information content (AvgIpc) is 3.42. The number of nitrogen functional groups attached to an aromatic ring is 1. The molecule has 1 unspecified atom stereocenters. The highest BCUT2D eigenvalue weighted by atomic mass is 32.1. The highest BCUT2D eigenvalue weighted by molar-refractivity contribution is 7.09. The summed E-state index contributed by atoms with van der Waals surface area (Å²) in [7, 11) is 0. The van der Waals surface area contributed by atoms with Crippen molar-refractivity contribution in [3.05, 3.63) is 76.0 Å². The van der Waals surface area contributed by atoms with Crippen LogP contribution in [0.1, 0.15) is 108 Å². The maximum atomic E-state index is 14.5. The van der Waals surface area contributed by atoms with E-state index >= 15 is 0 Å². The number of halogens is 1. The molecule has 0 spiro atoms. The molecule has 5 rings (SSSR count). The number of carbonyl (C=O) groups is 3. The van der Waals surface area contributed by atoms with Gasteiger partial charge in [0.2, 0.25) is 5.91 Å². The van der Waals surface area contributed by atoms with Gasteiger partial charge in [-0.05, 0) is 79.0 Å². The summed E-state index contributed by atoms with van der Waals surface area (Å²) in [6.45, 7) is 2.04. The van der Waals surface area contributed by atoms with E-state index in [-0.39, 0.29) is 34.2 Å². The van der Waals surface area contributed by atoms with Crippen LogP contribution < -0.4 is 21.3 Å². The summed E-state index contributed by atoms with van der Waals surface area (Å²) >= 11 is 0.849. The Morgan fingerprint density at radius 1 is 0.907 bits per heavy atom. The molecule has 1 aromatic heterocycles. The lowest BCUT2D eigenvalue weighted by Crippen LogP contribution is -2.47. The zero-order valence-corrected chi connectivity index (χ0v) is 25.4. The summed E-state index contributed by atoms with van der Waals surface area (Å²) < 4.78 is 18.3. The molecule has 2 saturated carbocycles. The number of benzene rings is 2. The van der Waals surface area contributed by atoms with E-state index in [0.29, 0.717) is 11.3 Å². The second-order valence-electron chi connectivity index (χ2n) is 11.6. The van der Waals surface area contributed by atoms with Crippen LogP contribution in [0.4, 0.5) is 15.8 Å². The first-order valence-corrected chi connectivity index (χ1v) is 16.2. The smallest absolute Gasteiger partial charge is 0.273 e. The van der Waals surface area contributed by atoms with Crippen molar-refractivity contribution in [2.45, 2.75) is 95.7 Å². The highest BCUT2D eigenvalue weighted by Gasteiger charge is 2.37. The molecule has 228 valence electrons. The predicted octanol–water partition coefficient (Wildman–Crippen LogP) is 6.33. The number of nitrogens with two attached hydrogens (primary N) is 1. The predicted molar refractivity (Wildman–Crippen MR) is 168 cm³/mol. The van der Waals surface area contributed by atoms with Crippen molar-refractivity contribution >= 4 is 40.6 Å². The van der Waals surface area contributed by atoms with Gasteiger partial charge in [-0.3, -0.25) is 19.3 Å². The molecular formula is C33H40FN5O3S.